The van der Waals surface area contributed by atoms with E-state index in [4.69, 9.17) is 0 Å². The van der Waals surface area contributed by atoms with Crippen molar-refractivity contribution in [1.29, 1.82) is 0 Å². The number of carbonyl (C=O) groups excluding carboxylic acids is 1. The fourth-order valence-electron chi connectivity index (χ4n) is 3.70. The lowest BCUT2D eigenvalue weighted by atomic mass is 9.96. The van der Waals surface area contributed by atoms with Crippen LogP contribution >= 0.6 is 0 Å². The summed E-state index contributed by atoms with van der Waals surface area (Å²) in [5, 5.41) is 7.54. The summed E-state index contributed by atoms with van der Waals surface area (Å²) in [5.41, 5.74) is 1.67. The molecule has 8 nitrogen and oxygen atoms in total. The van der Waals surface area contributed by atoms with Crippen LogP contribution < -0.4 is 5.32 Å². The maximum absolute atomic E-state index is 12.4. The summed E-state index contributed by atoms with van der Waals surface area (Å²) in [6.07, 6.45) is 3.79. The Balaban J connectivity index is 1.56. The standard InChI is InChI=1S/C17H29N5O3S/c1-3-20-9-5-14(6-10-20)17(23)18-12-15-11-16-13-21(26(2,24)25)7-4-8-22(16)19-15/h11,14H,3-10,12-13H2,1-2H3,(H,18,23). The molecule has 0 atom stereocenters. The Morgan fingerprint density at radius 2 is 2.00 bits per heavy atom. The van der Waals surface area contributed by atoms with Crippen molar-refractivity contribution >= 4 is 15.9 Å². The predicted octanol–water partition coefficient (Wildman–Crippen LogP) is 0.397. The Bertz CT molecular complexity index is 738. The molecule has 0 unspecified atom stereocenters. The maximum atomic E-state index is 12.4. The average Bonchev–Trinajstić information content (AvgIpc) is 2.88. The smallest absolute Gasteiger partial charge is 0.223 e. The number of carbonyl (C=O) groups is 1. The van der Waals surface area contributed by atoms with Gasteiger partial charge in [-0.2, -0.15) is 9.40 Å². The molecule has 0 bridgehead atoms. The third-order valence-electron chi connectivity index (χ3n) is 5.35. The third kappa shape index (κ3) is 4.63. The van der Waals surface area contributed by atoms with E-state index in [2.05, 4.69) is 22.2 Å². The number of likely N-dealkylation sites (tertiary alicyclic amines) is 1. The second kappa shape index (κ2) is 8.06. The highest BCUT2D eigenvalue weighted by molar-refractivity contribution is 7.88. The topological polar surface area (TPSA) is 87.5 Å². The van der Waals surface area contributed by atoms with E-state index in [1.807, 2.05) is 10.7 Å². The molecule has 0 radical (unpaired) electrons. The van der Waals surface area contributed by atoms with Gasteiger partial charge in [-0.05, 0) is 45.0 Å². The summed E-state index contributed by atoms with van der Waals surface area (Å²) >= 11 is 0. The molecule has 0 saturated carbocycles. The fourth-order valence-corrected chi connectivity index (χ4v) is 4.52. The van der Waals surface area contributed by atoms with Gasteiger partial charge in [-0.25, -0.2) is 8.42 Å². The number of sulfonamides is 1. The number of amides is 1. The van der Waals surface area contributed by atoms with Crippen LogP contribution in [0, 0.1) is 5.92 Å². The largest absolute Gasteiger partial charge is 0.350 e. The van der Waals surface area contributed by atoms with Crippen LogP contribution in [0.25, 0.3) is 0 Å². The maximum Gasteiger partial charge on any atom is 0.223 e. The zero-order valence-corrected chi connectivity index (χ0v) is 16.5. The Morgan fingerprint density at radius 3 is 2.65 bits per heavy atom. The van der Waals surface area contributed by atoms with Crippen molar-refractivity contribution in [3.63, 3.8) is 0 Å². The quantitative estimate of drug-likeness (QED) is 0.795. The lowest BCUT2D eigenvalue weighted by Crippen LogP contribution is -2.40. The van der Waals surface area contributed by atoms with Gasteiger partial charge < -0.3 is 10.2 Å². The molecule has 9 heteroatoms. The molecule has 0 aliphatic carbocycles. The lowest BCUT2D eigenvalue weighted by molar-refractivity contribution is -0.126. The molecule has 1 amide bonds. The second-order valence-electron chi connectivity index (χ2n) is 7.23. The highest BCUT2D eigenvalue weighted by Gasteiger charge is 2.25. The molecule has 26 heavy (non-hydrogen) atoms. The van der Waals surface area contributed by atoms with E-state index >= 15 is 0 Å². The van der Waals surface area contributed by atoms with Gasteiger partial charge in [0.15, 0.2) is 0 Å². The number of rotatable bonds is 5. The first-order valence-corrected chi connectivity index (χ1v) is 11.2. The fraction of sp³-hybridized carbons (Fsp3) is 0.765. The Kier molecular flexibility index (Phi) is 5.99. The molecule has 1 N–H and O–H groups in total. The van der Waals surface area contributed by atoms with E-state index in [1.165, 1.54) is 10.6 Å². The number of piperidine rings is 1. The minimum atomic E-state index is -3.21. The first-order valence-electron chi connectivity index (χ1n) is 9.37. The van der Waals surface area contributed by atoms with E-state index in [-0.39, 0.29) is 11.8 Å². The van der Waals surface area contributed by atoms with Crippen LogP contribution in [0.5, 0.6) is 0 Å². The van der Waals surface area contributed by atoms with Crippen LogP contribution in [-0.2, 0) is 34.5 Å². The molecule has 3 heterocycles. The van der Waals surface area contributed by atoms with Crippen molar-refractivity contribution in [2.24, 2.45) is 5.92 Å². The summed E-state index contributed by atoms with van der Waals surface area (Å²) < 4.78 is 27.0. The van der Waals surface area contributed by atoms with Crippen molar-refractivity contribution in [2.75, 3.05) is 32.4 Å². The average molecular weight is 384 g/mol. The molecule has 0 aromatic carbocycles. The Morgan fingerprint density at radius 1 is 1.27 bits per heavy atom. The number of aromatic nitrogens is 2. The first-order chi connectivity index (χ1) is 12.4. The van der Waals surface area contributed by atoms with Gasteiger partial charge in [0.25, 0.3) is 0 Å². The van der Waals surface area contributed by atoms with Crippen molar-refractivity contribution in [1.82, 2.24) is 24.3 Å². The number of fused-ring (bicyclic) bond motifs is 1. The number of hydrogen-bond donors (Lipinski definition) is 1. The third-order valence-corrected chi connectivity index (χ3v) is 6.60. The SMILES string of the molecule is CCN1CCC(C(=O)NCc2cc3n(n2)CCCN(S(C)(=O)=O)C3)CC1. The molecule has 0 spiro atoms. The van der Waals surface area contributed by atoms with Crippen molar-refractivity contribution in [3.05, 3.63) is 17.5 Å². The van der Waals surface area contributed by atoms with E-state index in [9.17, 15) is 13.2 Å². The Labute approximate surface area is 155 Å². The van der Waals surface area contributed by atoms with Gasteiger partial charge in [0.2, 0.25) is 15.9 Å². The minimum absolute atomic E-state index is 0.0824. The van der Waals surface area contributed by atoms with Crippen molar-refractivity contribution in [2.45, 2.75) is 45.8 Å². The van der Waals surface area contributed by atoms with Gasteiger partial charge in [0, 0.05) is 19.0 Å². The number of nitrogens with zero attached hydrogens (tertiary/aromatic N) is 4. The second-order valence-corrected chi connectivity index (χ2v) is 9.21. The zero-order valence-electron chi connectivity index (χ0n) is 15.6. The zero-order chi connectivity index (χ0) is 18.7. The van der Waals surface area contributed by atoms with Crippen LogP contribution in [0.4, 0.5) is 0 Å². The van der Waals surface area contributed by atoms with Crippen LogP contribution in [0.2, 0.25) is 0 Å². The summed E-state index contributed by atoms with van der Waals surface area (Å²) in [6, 6.07) is 1.91. The van der Waals surface area contributed by atoms with Gasteiger partial charge in [0.1, 0.15) is 0 Å². The van der Waals surface area contributed by atoms with Crippen LogP contribution in [0.3, 0.4) is 0 Å². The molecule has 1 aromatic heterocycles. The molecule has 1 fully saturated rings. The van der Waals surface area contributed by atoms with Gasteiger partial charge >= 0.3 is 0 Å². The van der Waals surface area contributed by atoms with Gasteiger partial charge in [-0.1, -0.05) is 6.92 Å². The summed E-state index contributed by atoms with van der Waals surface area (Å²) in [5.74, 6) is 0.181. The van der Waals surface area contributed by atoms with E-state index < -0.39 is 10.0 Å². The van der Waals surface area contributed by atoms with Gasteiger partial charge in [-0.3, -0.25) is 9.48 Å². The molecule has 146 valence electrons. The molecule has 3 rings (SSSR count). The van der Waals surface area contributed by atoms with E-state index in [0.717, 1.165) is 50.3 Å². The lowest BCUT2D eigenvalue weighted by Gasteiger charge is -2.30. The van der Waals surface area contributed by atoms with E-state index in [1.54, 1.807) is 0 Å². The normalized spacial score (nSPS) is 20.5. The van der Waals surface area contributed by atoms with Crippen LogP contribution in [-0.4, -0.2) is 65.7 Å². The van der Waals surface area contributed by atoms with Gasteiger partial charge in [0.05, 0.1) is 30.7 Å². The molecule has 1 saturated heterocycles. The summed E-state index contributed by atoms with van der Waals surface area (Å²) in [4.78, 5) is 14.8. The minimum Gasteiger partial charge on any atom is -0.350 e. The summed E-state index contributed by atoms with van der Waals surface area (Å²) in [6.45, 7) is 7.10. The molecule has 2 aliphatic heterocycles. The highest BCUT2D eigenvalue weighted by atomic mass is 32.2. The first kappa shape index (κ1) is 19.3. The molecule has 1 aromatic rings. The van der Waals surface area contributed by atoms with Crippen molar-refractivity contribution < 1.29 is 13.2 Å². The number of nitrogens with one attached hydrogen (secondary N) is 1. The van der Waals surface area contributed by atoms with Crippen LogP contribution in [0.15, 0.2) is 6.07 Å². The highest BCUT2D eigenvalue weighted by Crippen LogP contribution is 2.18. The van der Waals surface area contributed by atoms with Gasteiger partial charge in [-0.15, -0.1) is 0 Å². The summed E-state index contributed by atoms with van der Waals surface area (Å²) in [7, 11) is -3.21. The number of hydrogen-bond acceptors (Lipinski definition) is 5. The molecular formula is C17H29N5O3S. The number of aryl methyl sites for hydroxylation is 1. The van der Waals surface area contributed by atoms with Crippen molar-refractivity contribution in [3.8, 4) is 0 Å². The predicted molar refractivity (Wildman–Crippen MR) is 98.8 cm³/mol. The van der Waals surface area contributed by atoms with Crippen LogP contribution in [0.1, 0.15) is 37.6 Å². The molecular weight excluding hydrogens is 354 g/mol. The Hall–Kier alpha value is -1.45. The van der Waals surface area contributed by atoms with E-state index in [0.29, 0.717) is 26.2 Å². The molecule has 2 aliphatic rings. The monoisotopic (exact) mass is 383 g/mol.